The van der Waals surface area contributed by atoms with E-state index in [0.717, 1.165) is 30.6 Å². The van der Waals surface area contributed by atoms with Crippen LogP contribution in [0.25, 0.3) is 0 Å². The Kier molecular flexibility index (Phi) is 2.46. The van der Waals surface area contributed by atoms with Crippen LogP contribution in [0.4, 0.5) is 4.79 Å². The monoisotopic (exact) mass is 210 g/mol. The topological polar surface area (TPSA) is 66.5 Å². The summed E-state index contributed by atoms with van der Waals surface area (Å²) in [6.07, 6.45) is 4.36. The van der Waals surface area contributed by atoms with Crippen molar-refractivity contribution >= 4 is 17.8 Å². The lowest BCUT2D eigenvalue weighted by atomic mass is 9.98. The Morgan fingerprint density at radius 1 is 1.27 bits per heavy atom. The van der Waals surface area contributed by atoms with Gasteiger partial charge < -0.3 is 0 Å². The fraction of sp³-hybridized carbons (Fsp3) is 0.700. The SMILES string of the molecule is CC(C1CCCC1)N1C(=O)NC(=O)C1=O. The molecule has 0 radical (unpaired) electrons. The molecule has 0 bridgehead atoms. The fourth-order valence-electron chi connectivity index (χ4n) is 2.43. The van der Waals surface area contributed by atoms with Crippen LogP contribution in [0.1, 0.15) is 32.6 Å². The maximum atomic E-state index is 11.4. The Hall–Kier alpha value is -1.39. The highest BCUT2D eigenvalue weighted by molar-refractivity contribution is 6.44. The number of hydrogen-bond donors (Lipinski definition) is 1. The Morgan fingerprint density at radius 2 is 1.87 bits per heavy atom. The molecule has 2 aliphatic rings. The van der Waals surface area contributed by atoms with Crippen molar-refractivity contribution in [2.45, 2.75) is 38.6 Å². The van der Waals surface area contributed by atoms with Gasteiger partial charge in [-0.1, -0.05) is 12.8 Å². The van der Waals surface area contributed by atoms with Crippen molar-refractivity contribution in [1.82, 2.24) is 10.2 Å². The van der Waals surface area contributed by atoms with Crippen LogP contribution in [0.3, 0.4) is 0 Å². The lowest BCUT2D eigenvalue weighted by molar-refractivity contribution is -0.141. The van der Waals surface area contributed by atoms with Gasteiger partial charge in [-0.3, -0.25) is 19.8 Å². The van der Waals surface area contributed by atoms with Crippen LogP contribution < -0.4 is 5.32 Å². The van der Waals surface area contributed by atoms with E-state index in [2.05, 4.69) is 0 Å². The van der Waals surface area contributed by atoms with E-state index >= 15 is 0 Å². The normalized spacial score (nSPS) is 24.9. The molecule has 1 aliphatic carbocycles. The summed E-state index contributed by atoms with van der Waals surface area (Å²) in [7, 11) is 0. The van der Waals surface area contributed by atoms with Crippen molar-refractivity contribution < 1.29 is 14.4 Å². The maximum Gasteiger partial charge on any atom is 0.331 e. The van der Waals surface area contributed by atoms with Crippen LogP contribution in [0.2, 0.25) is 0 Å². The highest BCUT2D eigenvalue weighted by Gasteiger charge is 2.42. The molecule has 0 aromatic rings. The van der Waals surface area contributed by atoms with E-state index in [1.807, 2.05) is 12.2 Å². The number of nitrogens with zero attached hydrogens (tertiary/aromatic N) is 1. The second-order valence-corrected chi connectivity index (χ2v) is 4.22. The highest BCUT2D eigenvalue weighted by Crippen LogP contribution is 2.30. The minimum absolute atomic E-state index is 0.161. The molecular formula is C10H14N2O3. The predicted molar refractivity (Wildman–Crippen MR) is 51.8 cm³/mol. The molecule has 4 amide bonds. The van der Waals surface area contributed by atoms with E-state index in [1.165, 1.54) is 0 Å². The summed E-state index contributed by atoms with van der Waals surface area (Å²) in [6.45, 7) is 1.84. The van der Waals surface area contributed by atoms with Gasteiger partial charge in [0, 0.05) is 6.04 Å². The van der Waals surface area contributed by atoms with Crippen molar-refractivity contribution in [3.8, 4) is 0 Å². The smallest absolute Gasteiger partial charge is 0.269 e. The number of hydrogen-bond acceptors (Lipinski definition) is 3. The molecule has 0 aromatic carbocycles. The zero-order chi connectivity index (χ0) is 11.0. The lowest BCUT2D eigenvalue weighted by Gasteiger charge is -2.25. The number of imide groups is 2. The third-order valence-corrected chi connectivity index (χ3v) is 3.34. The summed E-state index contributed by atoms with van der Waals surface area (Å²) in [6, 6.07) is -0.726. The number of nitrogens with one attached hydrogen (secondary N) is 1. The van der Waals surface area contributed by atoms with Gasteiger partial charge in [0.2, 0.25) is 0 Å². The number of carbonyl (C=O) groups excluding carboxylic acids is 3. The van der Waals surface area contributed by atoms with E-state index in [-0.39, 0.29) is 6.04 Å². The van der Waals surface area contributed by atoms with Crippen LogP contribution >= 0.6 is 0 Å². The molecule has 2 rings (SSSR count). The largest absolute Gasteiger partial charge is 0.331 e. The molecule has 1 N–H and O–H groups in total. The average Bonchev–Trinajstić information content (AvgIpc) is 2.76. The molecule has 1 atom stereocenters. The quantitative estimate of drug-likeness (QED) is 0.537. The first-order chi connectivity index (χ1) is 7.11. The minimum atomic E-state index is -0.801. The second-order valence-electron chi connectivity index (χ2n) is 4.22. The van der Waals surface area contributed by atoms with E-state index < -0.39 is 17.8 Å². The number of urea groups is 1. The summed E-state index contributed by atoms with van der Waals surface area (Å²) < 4.78 is 0. The summed E-state index contributed by atoms with van der Waals surface area (Å²) in [5.74, 6) is -1.16. The third kappa shape index (κ3) is 1.62. The molecule has 5 heteroatoms. The van der Waals surface area contributed by atoms with Gasteiger partial charge in [-0.2, -0.15) is 0 Å². The zero-order valence-electron chi connectivity index (χ0n) is 8.66. The van der Waals surface area contributed by atoms with Crippen molar-refractivity contribution in [2.24, 2.45) is 5.92 Å². The van der Waals surface area contributed by atoms with Gasteiger partial charge in [0.1, 0.15) is 0 Å². The van der Waals surface area contributed by atoms with Gasteiger partial charge in [0.15, 0.2) is 0 Å². The Labute approximate surface area is 87.8 Å². The van der Waals surface area contributed by atoms with Gasteiger partial charge in [0.05, 0.1) is 0 Å². The van der Waals surface area contributed by atoms with E-state index in [4.69, 9.17) is 0 Å². The van der Waals surface area contributed by atoms with E-state index in [9.17, 15) is 14.4 Å². The molecule has 5 nitrogen and oxygen atoms in total. The number of carbonyl (C=O) groups is 3. The fourth-order valence-corrected chi connectivity index (χ4v) is 2.43. The standard InChI is InChI=1S/C10H14N2O3/c1-6(7-4-2-3-5-7)12-9(14)8(13)11-10(12)15/h6-7H,2-5H2,1H3,(H,11,13,15). The summed E-state index contributed by atoms with van der Waals surface area (Å²) in [5.41, 5.74) is 0. The molecule has 1 saturated carbocycles. The second kappa shape index (κ2) is 3.64. The van der Waals surface area contributed by atoms with E-state index in [0.29, 0.717) is 5.92 Å². The van der Waals surface area contributed by atoms with Gasteiger partial charge in [0.25, 0.3) is 0 Å². The summed E-state index contributed by atoms with van der Waals surface area (Å²) >= 11 is 0. The summed E-state index contributed by atoms with van der Waals surface area (Å²) in [5, 5.41) is 2.02. The molecule has 82 valence electrons. The molecule has 1 aliphatic heterocycles. The molecule has 2 fully saturated rings. The minimum Gasteiger partial charge on any atom is -0.269 e. The van der Waals surface area contributed by atoms with Crippen LogP contribution in [-0.2, 0) is 9.59 Å². The molecule has 1 heterocycles. The zero-order valence-corrected chi connectivity index (χ0v) is 8.66. The van der Waals surface area contributed by atoms with Crippen LogP contribution in [-0.4, -0.2) is 28.8 Å². The first-order valence-electron chi connectivity index (χ1n) is 5.29. The van der Waals surface area contributed by atoms with E-state index in [1.54, 1.807) is 0 Å². The molecule has 1 saturated heterocycles. The van der Waals surface area contributed by atoms with Crippen molar-refractivity contribution in [3.63, 3.8) is 0 Å². The van der Waals surface area contributed by atoms with Gasteiger partial charge in [-0.25, -0.2) is 4.79 Å². The van der Waals surface area contributed by atoms with Gasteiger partial charge in [-0.05, 0) is 25.7 Å². The van der Waals surface area contributed by atoms with Crippen molar-refractivity contribution in [1.29, 1.82) is 0 Å². The van der Waals surface area contributed by atoms with Crippen LogP contribution in [0.5, 0.6) is 0 Å². The van der Waals surface area contributed by atoms with Gasteiger partial charge in [-0.15, -0.1) is 0 Å². The average molecular weight is 210 g/mol. The number of amides is 4. The lowest BCUT2D eigenvalue weighted by Crippen LogP contribution is -2.42. The Balaban J connectivity index is 2.12. The molecule has 0 spiro atoms. The first-order valence-corrected chi connectivity index (χ1v) is 5.29. The Bertz CT molecular complexity index is 321. The molecule has 0 aromatic heterocycles. The van der Waals surface area contributed by atoms with Crippen LogP contribution in [0, 0.1) is 5.92 Å². The maximum absolute atomic E-state index is 11.4. The van der Waals surface area contributed by atoms with Crippen LogP contribution in [0.15, 0.2) is 0 Å². The van der Waals surface area contributed by atoms with Crippen molar-refractivity contribution in [3.05, 3.63) is 0 Å². The predicted octanol–water partition coefficient (Wildman–Crippen LogP) is 0.643. The Morgan fingerprint density at radius 3 is 2.33 bits per heavy atom. The molecule has 1 unspecified atom stereocenters. The molecular weight excluding hydrogens is 196 g/mol. The summed E-state index contributed by atoms with van der Waals surface area (Å²) in [4.78, 5) is 34.8. The number of rotatable bonds is 2. The van der Waals surface area contributed by atoms with Crippen molar-refractivity contribution in [2.75, 3.05) is 0 Å². The first kappa shape index (κ1) is 10.1. The molecule has 15 heavy (non-hydrogen) atoms. The van der Waals surface area contributed by atoms with Gasteiger partial charge >= 0.3 is 17.8 Å². The third-order valence-electron chi connectivity index (χ3n) is 3.34. The highest BCUT2D eigenvalue weighted by atomic mass is 16.2.